The molecule has 0 aliphatic rings. The fraction of sp³-hybridized carbons (Fsp3) is 0.333. The molecule has 0 amide bonds. The maximum absolute atomic E-state index is 12.3. The maximum atomic E-state index is 12.3. The maximum Gasteiger partial charge on any atom is 0.268 e. The number of ketones is 2. The van der Waals surface area contributed by atoms with Crippen LogP contribution in [-0.2, 0) is 41.9 Å². The van der Waals surface area contributed by atoms with Crippen LogP contribution in [0.3, 0.4) is 0 Å². The van der Waals surface area contributed by atoms with Gasteiger partial charge in [-0.05, 0) is 87.0 Å². The predicted octanol–water partition coefficient (Wildman–Crippen LogP) is 4.41. The van der Waals surface area contributed by atoms with Crippen molar-refractivity contribution in [3.8, 4) is 0 Å². The van der Waals surface area contributed by atoms with Gasteiger partial charge in [-0.15, -0.1) is 0 Å². The number of carbonyl (C=O) groups excluding carboxylic acids is 2. The molecule has 4 aromatic rings. The van der Waals surface area contributed by atoms with E-state index in [9.17, 15) is 19.2 Å². The number of benzene rings is 2. The molecule has 10 heteroatoms. The van der Waals surface area contributed by atoms with Gasteiger partial charge in [0.25, 0.3) is 11.1 Å². The molecule has 0 bridgehead atoms. The predicted molar refractivity (Wildman–Crippen MR) is 173 cm³/mol. The van der Waals surface area contributed by atoms with E-state index < -0.39 is 0 Å². The van der Waals surface area contributed by atoms with Crippen LogP contribution in [0.4, 0.5) is 0 Å². The summed E-state index contributed by atoms with van der Waals surface area (Å²) in [5.41, 5.74) is 8.31. The monoisotopic (exact) mass is 649 g/mol. The highest BCUT2D eigenvalue weighted by Gasteiger charge is 2.09. The lowest BCUT2D eigenvalue weighted by molar-refractivity contribution is -0.118. The van der Waals surface area contributed by atoms with Gasteiger partial charge in [-0.3, -0.25) is 28.3 Å². The number of aryl methyl sites for hydroxylation is 4. The highest BCUT2D eigenvalue weighted by atomic mass is 79.9. The summed E-state index contributed by atoms with van der Waals surface area (Å²) in [4.78, 5) is 54.0. The number of hydrogen-bond donors (Lipinski definition) is 1. The number of Topliss-reactive ketones (excluding diaryl/α,β-unsaturated/α-hetero) is 2. The molecule has 2 aromatic heterocycles. The van der Waals surface area contributed by atoms with Crippen molar-refractivity contribution in [1.82, 2.24) is 19.1 Å². The zero-order valence-electron chi connectivity index (χ0n) is 25.3. The fourth-order valence-electron chi connectivity index (χ4n) is 4.10. The minimum Gasteiger partial charge on any atom is -0.330 e. The Morgan fingerprint density at radius 1 is 0.721 bits per heavy atom. The molecule has 9 nitrogen and oxygen atoms in total. The van der Waals surface area contributed by atoms with Gasteiger partial charge < -0.3 is 5.73 Å². The second-order valence-electron chi connectivity index (χ2n) is 10.0. The first kappa shape index (κ1) is 35.2. The Morgan fingerprint density at radius 3 is 1.67 bits per heavy atom. The van der Waals surface area contributed by atoms with Gasteiger partial charge in [0.05, 0.1) is 13.1 Å². The van der Waals surface area contributed by atoms with Crippen molar-refractivity contribution in [3.63, 3.8) is 0 Å². The van der Waals surface area contributed by atoms with Crippen molar-refractivity contribution >= 4 is 27.5 Å². The summed E-state index contributed by atoms with van der Waals surface area (Å²) in [7, 11) is 0. The Balaban J connectivity index is 0.000000249. The van der Waals surface area contributed by atoms with Crippen molar-refractivity contribution < 1.29 is 9.59 Å². The summed E-state index contributed by atoms with van der Waals surface area (Å²) in [6, 6.07) is 20.5. The van der Waals surface area contributed by atoms with Crippen molar-refractivity contribution in [2.24, 2.45) is 5.73 Å². The third kappa shape index (κ3) is 12.4. The Bertz CT molecular complexity index is 1580. The number of nitrogens with two attached hydrogens (primary N) is 1. The molecule has 228 valence electrons. The number of carbonyl (C=O) groups is 2. The minimum absolute atomic E-state index is 0.0385. The van der Waals surface area contributed by atoms with Gasteiger partial charge >= 0.3 is 0 Å². The first-order chi connectivity index (χ1) is 20.5. The molecular formula is C33H40BrN5O4. The molecule has 0 unspecified atom stereocenters. The van der Waals surface area contributed by atoms with Gasteiger partial charge in [0, 0.05) is 18.0 Å². The molecule has 0 spiro atoms. The lowest BCUT2D eigenvalue weighted by atomic mass is 10.1. The van der Waals surface area contributed by atoms with Gasteiger partial charge in [0.2, 0.25) is 0 Å². The SMILES string of the molecule is CC(=O)Cn1c(C)ncc(Br)c1=O.CC(=O)Cn1c(C)ncc(CCCc2ccccc2)c1=O.NCCc1ccccc1. The summed E-state index contributed by atoms with van der Waals surface area (Å²) in [6.07, 6.45) is 6.57. The number of hydrogen-bond acceptors (Lipinski definition) is 7. The standard InChI is InChI=1S/C17H20N2O2.C8H9BrN2O2.C8H11N/c1-13(20)12-19-14(2)18-11-16(17(19)21)10-6-9-15-7-4-3-5-8-15;1-5(12)4-11-6(2)10-3-7(9)8(11)13;9-7-6-8-4-2-1-3-5-8/h3-5,7-8,11H,6,9-10,12H2,1-2H3;3H,4H2,1-2H3;1-5H,6-7,9H2. The molecule has 0 atom stereocenters. The number of rotatable bonds is 10. The van der Waals surface area contributed by atoms with E-state index in [1.165, 1.54) is 40.3 Å². The number of nitrogens with zero attached hydrogens (tertiary/aromatic N) is 4. The van der Waals surface area contributed by atoms with E-state index >= 15 is 0 Å². The van der Waals surface area contributed by atoms with Crippen molar-refractivity contribution in [3.05, 3.63) is 127 Å². The van der Waals surface area contributed by atoms with Crippen LogP contribution in [-0.4, -0.2) is 37.2 Å². The normalized spacial score (nSPS) is 10.2. The van der Waals surface area contributed by atoms with E-state index in [4.69, 9.17) is 5.73 Å². The second kappa shape index (κ2) is 18.5. The molecule has 0 saturated heterocycles. The van der Waals surface area contributed by atoms with Crippen LogP contribution in [0.2, 0.25) is 0 Å². The molecule has 4 rings (SSSR count). The van der Waals surface area contributed by atoms with E-state index in [1.54, 1.807) is 20.0 Å². The number of halogens is 1. The average molecular weight is 651 g/mol. The van der Waals surface area contributed by atoms with Crippen molar-refractivity contribution in [2.75, 3.05) is 6.54 Å². The average Bonchev–Trinajstić information content (AvgIpc) is 2.98. The van der Waals surface area contributed by atoms with Gasteiger partial charge in [-0.25, -0.2) is 9.97 Å². The molecule has 0 radical (unpaired) electrons. The van der Waals surface area contributed by atoms with Gasteiger partial charge in [0.1, 0.15) is 27.7 Å². The van der Waals surface area contributed by atoms with E-state index in [0.717, 1.165) is 25.8 Å². The Morgan fingerprint density at radius 2 is 1.19 bits per heavy atom. The van der Waals surface area contributed by atoms with Gasteiger partial charge in [-0.1, -0.05) is 60.7 Å². The zero-order chi connectivity index (χ0) is 31.8. The molecule has 0 aliphatic heterocycles. The third-order valence-corrected chi connectivity index (χ3v) is 6.86. The third-order valence-electron chi connectivity index (χ3n) is 6.31. The van der Waals surface area contributed by atoms with Crippen molar-refractivity contribution in [2.45, 2.75) is 66.5 Å². The van der Waals surface area contributed by atoms with Crippen molar-refractivity contribution in [1.29, 1.82) is 0 Å². The highest BCUT2D eigenvalue weighted by molar-refractivity contribution is 9.10. The molecule has 0 saturated carbocycles. The Hall–Kier alpha value is -4.02. The fourth-order valence-corrected chi connectivity index (χ4v) is 4.41. The first-order valence-corrected chi connectivity index (χ1v) is 14.9. The van der Waals surface area contributed by atoms with E-state index in [-0.39, 0.29) is 35.8 Å². The quantitative estimate of drug-likeness (QED) is 0.269. The van der Waals surface area contributed by atoms with E-state index in [0.29, 0.717) is 28.1 Å². The summed E-state index contributed by atoms with van der Waals surface area (Å²) in [6.45, 7) is 7.28. The Kier molecular flexibility index (Phi) is 15.1. The topological polar surface area (TPSA) is 130 Å². The molecule has 0 aliphatic carbocycles. The molecule has 0 fully saturated rings. The second-order valence-corrected chi connectivity index (χ2v) is 10.9. The minimum atomic E-state index is -0.220. The van der Waals surface area contributed by atoms with Gasteiger partial charge in [0.15, 0.2) is 0 Å². The largest absolute Gasteiger partial charge is 0.330 e. The van der Waals surface area contributed by atoms with Crippen LogP contribution in [0.25, 0.3) is 0 Å². The van der Waals surface area contributed by atoms with Crippen LogP contribution in [0.1, 0.15) is 48.6 Å². The number of aromatic nitrogens is 4. The first-order valence-electron chi connectivity index (χ1n) is 14.1. The lowest BCUT2D eigenvalue weighted by Gasteiger charge is -2.09. The molecule has 2 heterocycles. The molecule has 43 heavy (non-hydrogen) atoms. The lowest BCUT2D eigenvalue weighted by Crippen LogP contribution is -2.29. The van der Waals surface area contributed by atoms with Crippen LogP contribution < -0.4 is 16.9 Å². The molecule has 2 N–H and O–H groups in total. The Labute approximate surface area is 261 Å². The summed E-state index contributed by atoms with van der Waals surface area (Å²) < 4.78 is 3.17. The van der Waals surface area contributed by atoms with Crippen LogP contribution >= 0.6 is 15.9 Å². The summed E-state index contributed by atoms with van der Waals surface area (Å²) >= 11 is 3.06. The van der Waals surface area contributed by atoms with E-state index in [1.807, 2.05) is 36.4 Å². The summed E-state index contributed by atoms with van der Waals surface area (Å²) in [5, 5.41) is 0. The van der Waals surface area contributed by atoms with Crippen LogP contribution in [0, 0.1) is 13.8 Å². The molecule has 2 aromatic carbocycles. The highest BCUT2D eigenvalue weighted by Crippen LogP contribution is 2.06. The smallest absolute Gasteiger partial charge is 0.268 e. The van der Waals surface area contributed by atoms with Crippen LogP contribution in [0.5, 0.6) is 0 Å². The zero-order valence-corrected chi connectivity index (χ0v) is 26.8. The summed E-state index contributed by atoms with van der Waals surface area (Å²) in [5.74, 6) is 1.03. The van der Waals surface area contributed by atoms with Gasteiger partial charge in [-0.2, -0.15) is 0 Å². The van der Waals surface area contributed by atoms with Crippen LogP contribution in [0.15, 0.2) is 87.1 Å². The molecular weight excluding hydrogens is 610 g/mol. The van der Waals surface area contributed by atoms with E-state index in [2.05, 4.69) is 50.2 Å².